The van der Waals surface area contributed by atoms with Crippen molar-refractivity contribution in [3.63, 3.8) is 0 Å². The summed E-state index contributed by atoms with van der Waals surface area (Å²) >= 11 is 1.22. The molecular weight excluding hydrogens is 494 g/mol. The van der Waals surface area contributed by atoms with E-state index in [1.807, 2.05) is 0 Å². The first-order valence-electron chi connectivity index (χ1n) is 10.2. The van der Waals surface area contributed by atoms with Crippen molar-refractivity contribution < 1.29 is 30.8 Å². The first-order chi connectivity index (χ1) is 16.1. The summed E-state index contributed by atoms with van der Waals surface area (Å²) in [5, 5.41) is 4.86. The third-order valence-electron chi connectivity index (χ3n) is 5.38. The van der Waals surface area contributed by atoms with Crippen molar-refractivity contribution in [2.45, 2.75) is 36.5 Å². The van der Waals surface area contributed by atoms with Gasteiger partial charge in [-0.25, -0.2) is 17.8 Å². The Morgan fingerprint density at radius 2 is 1.91 bits per heavy atom. The molecule has 34 heavy (non-hydrogen) atoms. The van der Waals surface area contributed by atoms with Crippen molar-refractivity contribution in [3.05, 3.63) is 70.3 Å². The van der Waals surface area contributed by atoms with E-state index in [9.17, 15) is 30.8 Å². The largest absolute Gasteiger partial charge is 0.416 e. The topological polar surface area (TPSA) is 79.4 Å². The molecule has 0 bridgehead atoms. The second-order valence-electron chi connectivity index (χ2n) is 7.65. The molecule has 1 atom stereocenters. The fraction of sp³-hybridized carbons (Fsp3) is 0.273. The normalized spacial score (nSPS) is 17.1. The summed E-state index contributed by atoms with van der Waals surface area (Å²) in [6.45, 7) is 0.181. The average molecular weight is 514 g/mol. The fourth-order valence-electron chi connectivity index (χ4n) is 3.69. The Morgan fingerprint density at radius 3 is 2.59 bits per heavy atom. The van der Waals surface area contributed by atoms with E-state index in [2.05, 4.69) is 10.3 Å². The molecule has 12 heteroatoms. The lowest BCUT2D eigenvalue weighted by atomic mass is 10.1. The lowest BCUT2D eigenvalue weighted by Crippen LogP contribution is -2.45. The van der Waals surface area contributed by atoms with Crippen LogP contribution in [-0.2, 0) is 27.5 Å². The minimum atomic E-state index is -4.42. The van der Waals surface area contributed by atoms with Gasteiger partial charge in [0.05, 0.1) is 22.7 Å². The maximum absolute atomic E-state index is 13.5. The van der Waals surface area contributed by atoms with Gasteiger partial charge in [-0.05, 0) is 43.2 Å². The van der Waals surface area contributed by atoms with Gasteiger partial charge in [-0.3, -0.25) is 4.79 Å². The van der Waals surface area contributed by atoms with Gasteiger partial charge in [0.15, 0.2) is 0 Å². The number of benzene rings is 2. The van der Waals surface area contributed by atoms with Crippen molar-refractivity contribution in [1.82, 2.24) is 14.6 Å². The summed E-state index contributed by atoms with van der Waals surface area (Å²) in [5.41, 5.74) is 0.220. The molecule has 0 saturated carbocycles. The zero-order chi connectivity index (χ0) is 24.5. The predicted octanol–water partition coefficient (Wildman–Crippen LogP) is 4.44. The van der Waals surface area contributed by atoms with Crippen LogP contribution in [-0.4, -0.2) is 36.2 Å². The van der Waals surface area contributed by atoms with Crippen molar-refractivity contribution in [2.24, 2.45) is 0 Å². The number of nitrogens with one attached hydrogen (secondary N) is 1. The number of rotatable bonds is 6. The Balaban J connectivity index is 1.41. The second kappa shape index (κ2) is 9.43. The molecule has 0 spiro atoms. The molecule has 1 aliphatic rings. The fourth-order valence-corrected chi connectivity index (χ4v) is 6.12. The number of aromatic nitrogens is 1. The number of thiazole rings is 1. The highest BCUT2D eigenvalue weighted by Gasteiger charge is 2.39. The number of carbonyl (C=O) groups is 1. The van der Waals surface area contributed by atoms with Crippen LogP contribution in [0.15, 0.2) is 58.8 Å². The summed E-state index contributed by atoms with van der Waals surface area (Å²) in [4.78, 5) is 16.9. The smallest absolute Gasteiger partial charge is 0.348 e. The standard InChI is InChI=1S/C22H19F4N3O3S2/c23-16-3-1-4-17(11-16)34(31,32)29-10-2-5-19(29)21(30)27-12-20-28-18(13-33-20)14-6-8-15(9-7-14)22(24,25)26/h1,3-4,6-9,11,13,19H,2,5,10,12H2,(H,27,30)/t19-/m0/s1. The molecule has 6 nitrogen and oxygen atoms in total. The van der Waals surface area contributed by atoms with Crippen LogP contribution in [0.4, 0.5) is 17.6 Å². The number of halogens is 4. The van der Waals surface area contributed by atoms with Crippen molar-refractivity contribution in [2.75, 3.05) is 6.54 Å². The van der Waals surface area contributed by atoms with Crippen LogP contribution in [0.5, 0.6) is 0 Å². The molecule has 2 heterocycles. The van der Waals surface area contributed by atoms with E-state index in [1.165, 1.54) is 35.6 Å². The molecule has 180 valence electrons. The van der Waals surface area contributed by atoms with Gasteiger partial charge in [0.25, 0.3) is 0 Å². The van der Waals surface area contributed by atoms with Crippen LogP contribution in [0.25, 0.3) is 11.3 Å². The van der Waals surface area contributed by atoms with E-state index in [4.69, 9.17) is 0 Å². The zero-order valence-corrected chi connectivity index (χ0v) is 19.2. The maximum Gasteiger partial charge on any atom is 0.416 e. The number of nitrogens with zero attached hydrogens (tertiary/aromatic N) is 2. The summed E-state index contributed by atoms with van der Waals surface area (Å²) in [7, 11) is -4.04. The van der Waals surface area contributed by atoms with E-state index < -0.39 is 39.5 Å². The first kappa shape index (κ1) is 24.3. The van der Waals surface area contributed by atoms with Crippen molar-refractivity contribution in [3.8, 4) is 11.3 Å². The third-order valence-corrected chi connectivity index (χ3v) is 8.14. The molecule has 4 rings (SSSR count). The zero-order valence-electron chi connectivity index (χ0n) is 17.5. The number of hydrogen-bond acceptors (Lipinski definition) is 5. The monoisotopic (exact) mass is 513 g/mol. The molecule has 1 fully saturated rings. The molecule has 3 aromatic rings. The van der Waals surface area contributed by atoms with Gasteiger partial charge < -0.3 is 5.32 Å². The Morgan fingerprint density at radius 1 is 1.18 bits per heavy atom. The molecule has 1 N–H and O–H groups in total. The SMILES string of the molecule is O=C(NCc1nc(-c2ccc(C(F)(F)F)cc2)cs1)[C@@H]1CCCN1S(=O)(=O)c1cccc(F)c1. The van der Waals surface area contributed by atoms with Crippen LogP contribution in [0.3, 0.4) is 0 Å². The molecule has 0 unspecified atom stereocenters. The van der Waals surface area contributed by atoms with Gasteiger partial charge >= 0.3 is 6.18 Å². The molecular formula is C22H19F4N3O3S2. The number of alkyl halides is 3. The molecule has 1 aromatic heterocycles. The van der Waals surface area contributed by atoms with E-state index in [1.54, 1.807) is 5.38 Å². The van der Waals surface area contributed by atoms with E-state index in [-0.39, 0.29) is 18.0 Å². The summed E-state index contributed by atoms with van der Waals surface area (Å²) in [6.07, 6.45) is -3.61. The van der Waals surface area contributed by atoms with E-state index in [0.29, 0.717) is 29.1 Å². The van der Waals surface area contributed by atoms with Gasteiger partial charge in [0.1, 0.15) is 16.9 Å². The highest BCUT2D eigenvalue weighted by Crippen LogP contribution is 2.31. The predicted molar refractivity (Wildman–Crippen MR) is 118 cm³/mol. The van der Waals surface area contributed by atoms with Crippen LogP contribution in [0.1, 0.15) is 23.4 Å². The van der Waals surface area contributed by atoms with Gasteiger partial charge in [-0.2, -0.15) is 17.5 Å². The quantitative estimate of drug-likeness (QED) is 0.495. The average Bonchev–Trinajstić information content (AvgIpc) is 3.47. The van der Waals surface area contributed by atoms with Crippen molar-refractivity contribution in [1.29, 1.82) is 0 Å². The Labute approximate surface area is 197 Å². The van der Waals surface area contributed by atoms with Crippen molar-refractivity contribution >= 4 is 27.3 Å². The van der Waals surface area contributed by atoms with E-state index in [0.717, 1.165) is 28.6 Å². The highest BCUT2D eigenvalue weighted by atomic mass is 32.2. The summed E-state index contributed by atoms with van der Waals surface area (Å²) < 4.78 is 78.6. The van der Waals surface area contributed by atoms with Gasteiger partial charge in [-0.15, -0.1) is 11.3 Å². The lowest BCUT2D eigenvalue weighted by molar-refractivity contribution is -0.137. The first-order valence-corrected chi connectivity index (χ1v) is 12.5. The summed E-state index contributed by atoms with van der Waals surface area (Å²) in [6, 6.07) is 8.31. The Bertz CT molecular complexity index is 1290. The third kappa shape index (κ3) is 5.13. The van der Waals surface area contributed by atoms with Gasteiger partial charge in [-0.1, -0.05) is 18.2 Å². The number of hydrogen-bond donors (Lipinski definition) is 1. The van der Waals surface area contributed by atoms with Crippen LogP contribution < -0.4 is 5.32 Å². The van der Waals surface area contributed by atoms with Gasteiger partial charge in [0, 0.05) is 17.5 Å². The second-order valence-corrected chi connectivity index (χ2v) is 10.5. The van der Waals surface area contributed by atoms with Crippen LogP contribution >= 0.6 is 11.3 Å². The highest BCUT2D eigenvalue weighted by molar-refractivity contribution is 7.89. The van der Waals surface area contributed by atoms with Crippen LogP contribution in [0, 0.1) is 5.82 Å². The molecule has 1 saturated heterocycles. The molecule has 0 radical (unpaired) electrons. The minimum absolute atomic E-state index is 0.0362. The Hall–Kier alpha value is -2.83. The summed E-state index contributed by atoms with van der Waals surface area (Å²) in [5.74, 6) is -1.18. The van der Waals surface area contributed by atoms with E-state index >= 15 is 0 Å². The molecule has 2 aromatic carbocycles. The number of amides is 1. The molecule has 0 aliphatic carbocycles. The molecule has 1 aliphatic heterocycles. The maximum atomic E-state index is 13.5. The lowest BCUT2D eigenvalue weighted by Gasteiger charge is -2.23. The minimum Gasteiger partial charge on any atom is -0.348 e. The molecule has 1 amide bonds. The number of carbonyl (C=O) groups excluding carboxylic acids is 1. The Kier molecular flexibility index (Phi) is 6.74. The van der Waals surface area contributed by atoms with Gasteiger partial charge in [0.2, 0.25) is 15.9 Å². The van der Waals surface area contributed by atoms with Crippen LogP contribution in [0.2, 0.25) is 0 Å². The number of sulfonamides is 1.